The van der Waals surface area contributed by atoms with Crippen LogP contribution in [0.3, 0.4) is 0 Å². The summed E-state index contributed by atoms with van der Waals surface area (Å²) < 4.78 is 39.9. The summed E-state index contributed by atoms with van der Waals surface area (Å²) in [5.41, 5.74) is 1.12. The van der Waals surface area contributed by atoms with E-state index in [1.165, 1.54) is 18.9 Å². The maximum absolute atomic E-state index is 13.0. The summed E-state index contributed by atoms with van der Waals surface area (Å²) >= 11 is 0. The van der Waals surface area contributed by atoms with Crippen molar-refractivity contribution in [3.05, 3.63) is 35.8 Å². The molecule has 3 aromatic heterocycles. The van der Waals surface area contributed by atoms with Crippen LogP contribution in [-0.4, -0.2) is 56.2 Å². The molecule has 28 heavy (non-hydrogen) atoms. The number of rotatable bonds is 3. The van der Waals surface area contributed by atoms with Gasteiger partial charge in [-0.15, -0.1) is 20.4 Å². The largest absolute Gasteiger partial charge is 0.453 e. The third kappa shape index (κ3) is 3.10. The van der Waals surface area contributed by atoms with Crippen molar-refractivity contribution in [2.24, 2.45) is 0 Å². The van der Waals surface area contributed by atoms with Gasteiger partial charge in [0.1, 0.15) is 5.82 Å². The number of hydrogen-bond donors (Lipinski definition) is 0. The molecule has 3 aromatic rings. The number of alkyl halides is 3. The molecule has 0 N–H and O–H groups in total. The Kier molecular flexibility index (Phi) is 3.84. The van der Waals surface area contributed by atoms with Crippen molar-refractivity contribution < 1.29 is 13.2 Å². The molecule has 0 spiro atoms. The molecule has 0 amide bonds. The highest BCUT2D eigenvalue weighted by Crippen LogP contribution is 2.38. The van der Waals surface area contributed by atoms with Crippen LogP contribution >= 0.6 is 0 Å². The predicted octanol–water partition coefficient (Wildman–Crippen LogP) is 2.14. The lowest BCUT2D eigenvalue weighted by atomic mass is 10.2. The monoisotopic (exact) mass is 390 g/mol. The molecule has 0 aromatic carbocycles. The van der Waals surface area contributed by atoms with E-state index in [9.17, 15) is 13.2 Å². The number of anilines is 2. The second-order valence-electron chi connectivity index (χ2n) is 7.05. The van der Waals surface area contributed by atoms with Crippen molar-refractivity contribution in [1.82, 2.24) is 30.0 Å². The Hall–Kier alpha value is -2.98. The average Bonchev–Trinajstić information content (AvgIpc) is 3.45. The maximum Gasteiger partial charge on any atom is 0.453 e. The molecule has 1 aliphatic heterocycles. The van der Waals surface area contributed by atoms with Crippen molar-refractivity contribution in [1.29, 1.82) is 0 Å². The predicted molar refractivity (Wildman–Crippen MR) is 94.2 cm³/mol. The topological polar surface area (TPSA) is 75.3 Å². The molecule has 4 heterocycles. The van der Waals surface area contributed by atoms with Gasteiger partial charge in [-0.05, 0) is 37.1 Å². The van der Waals surface area contributed by atoms with Crippen molar-refractivity contribution in [3.8, 4) is 0 Å². The first-order valence-electron chi connectivity index (χ1n) is 9.12. The lowest BCUT2D eigenvalue weighted by Crippen LogP contribution is -2.47. The van der Waals surface area contributed by atoms with Crippen LogP contribution < -0.4 is 9.80 Å². The quantitative estimate of drug-likeness (QED) is 0.678. The van der Waals surface area contributed by atoms with Crippen molar-refractivity contribution >= 4 is 17.3 Å². The molecule has 2 fully saturated rings. The highest BCUT2D eigenvalue weighted by Gasteiger charge is 2.38. The number of fused-ring (bicyclic) bond motifs is 1. The minimum atomic E-state index is -4.60. The van der Waals surface area contributed by atoms with E-state index in [2.05, 4.69) is 30.4 Å². The van der Waals surface area contributed by atoms with Crippen LogP contribution in [0.15, 0.2) is 24.3 Å². The molecule has 1 saturated carbocycles. The van der Waals surface area contributed by atoms with E-state index >= 15 is 0 Å². The van der Waals surface area contributed by atoms with Crippen molar-refractivity contribution in [3.63, 3.8) is 0 Å². The van der Waals surface area contributed by atoms with E-state index in [-0.39, 0.29) is 5.65 Å². The lowest BCUT2D eigenvalue weighted by Gasteiger charge is -2.35. The van der Waals surface area contributed by atoms with Gasteiger partial charge in [0, 0.05) is 32.1 Å². The molecular formula is C17H17F3N8. The van der Waals surface area contributed by atoms with Gasteiger partial charge in [0.2, 0.25) is 0 Å². The molecule has 0 atom stereocenters. The summed E-state index contributed by atoms with van der Waals surface area (Å²) in [5.74, 6) is 0.742. The van der Waals surface area contributed by atoms with E-state index in [4.69, 9.17) is 0 Å². The average molecular weight is 390 g/mol. The Bertz CT molecular complexity index is 988. The molecule has 1 saturated heterocycles. The van der Waals surface area contributed by atoms with Crippen LogP contribution in [-0.2, 0) is 6.18 Å². The highest BCUT2D eigenvalue weighted by atomic mass is 19.4. The van der Waals surface area contributed by atoms with Gasteiger partial charge in [0.25, 0.3) is 5.82 Å². The fourth-order valence-corrected chi connectivity index (χ4v) is 3.39. The van der Waals surface area contributed by atoms with Gasteiger partial charge in [-0.2, -0.15) is 22.8 Å². The molecule has 11 heteroatoms. The second-order valence-corrected chi connectivity index (χ2v) is 7.05. The fraction of sp³-hybridized carbons (Fsp3) is 0.471. The number of aromatic nitrogens is 6. The summed E-state index contributed by atoms with van der Waals surface area (Å²) in [5, 5.41) is 19.5. The minimum absolute atomic E-state index is 0.0701. The van der Waals surface area contributed by atoms with Gasteiger partial charge in [-0.1, -0.05) is 0 Å². The van der Waals surface area contributed by atoms with Crippen LogP contribution in [0.2, 0.25) is 0 Å². The first-order valence-corrected chi connectivity index (χ1v) is 9.12. The molecule has 0 bridgehead atoms. The second kappa shape index (κ2) is 6.28. The molecule has 1 aliphatic carbocycles. The Morgan fingerprint density at radius 1 is 0.786 bits per heavy atom. The van der Waals surface area contributed by atoms with Crippen molar-refractivity contribution in [2.45, 2.75) is 24.9 Å². The zero-order valence-electron chi connectivity index (χ0n) is 14.8. The first kappa shape index (κ1) is 17.1. The van der Waals surface area contributed by atoms with Crippen LogP contribution in [0.4, 0.5) is 24.8 Å². The van der Waals surface area contributed by atoms with Crippen molar-refractivity contribution in [2.75, 3.05) is 36.0 Å². The Morgan fingerprint density at radius 2 is 1.46 bits per heavy atom. The van der Waals surface area contributed by atoms with Crippen LogP contribution in [0.5, 0.6) is 0 Å². The van der Waals surface area contributed by atoms with Crippen LogP contribution in [0.25, 0.3) is 5.65 Å². The smallest absolute Gasteiger partial charge is 0.352 e. The Balaban J connectivity index is 1.31. The van der Waals surface area contributed by atoms with Gasteiger partial charge >= 0.3 is 6.18 Å². The molecule has 5 rings (SSSR count). The third-order valence-corrected chi connectivity index (χ3v) is 5.10. The number of halogens is 3. The fourth-order valence-electron chi connectivity index (χ4n) is 3.39. The number of hydrogen-bond acceptors (Lipinski definition) is 7. The zero-order chi connectivity index (χ0) is 19.3. The summed E-state index contributed by atoms with van der Waals surface area (Å²) in [6.07, 6.45) is -2.23. The molecule has 0 unspecified atom stereocenters. The molecule has 0 radical (unpaired) electrons. The van der Waals surface area contributed by atoms with E-state index in [0.717, 1.165) is 16.0 Å². The summed E-state index contributed by atoms with van der Waals surface area (Å²) in [6, 6.07) is 7.20. The molecular weight excluding hydrogens is 373 g/mol. The van der Waals surface area contributed by atoms with Crippen LogP contribution in [0.1, 0.15) is 30.3 Å². The lowest BCUT2D eigenvalue weighted by molar-refractivity contribution is -0.146. The van der Waals surface area contributed by atoms with E-state index in [0.29, 0.717) is 37.9 Å². The Labute approximate surface area is 158 Å². The molecule has 8 nitrogen and oxygen atoms in total. The van der Waals surface area contributed by atoms with E-state index < -0.39 is 12.0 Å². The number of nitrogens with zero attached hydrogens (tertiary/aromatic N) is 8. The number of piperazine rings is 1. The Morgan fingerprint density at radius 3 is 2.07 bits per heavy atom. The van der Waals surface area contributed by atoms with E-state index in [1.807, 2.05) is 17.0 Å². The summed E-state index contributed by atoms with van der Waals surface area (Å²) in [7, 11) is 0. The summed E-state index contributed by atoms with van der Waals surface area (Å²) in [6.45, 7) is 2.61. The van der Waals surface area contributed by atoms with Gasteiger partial charge in [0.15, 0.2) is 11.5 Å². The van der Waals surface area contributed by atoms with Gasteiger partial charge in [0.05, 0.1) is 5.69 Å². The SMILES string of the molecule is FC(F)(F)c1nnc2ccc(N3CCN(c4ccc(C5CC5)nn4)CC3)nn12. The van der Waals surface area contributed by atoms with Gasteiger partial charge in [-0.3, -0.25) is 0 Å². The highest BCUT2D eigenvalue weighted by molar-refractivity contribution is 5.48. The molecule has 2 aliphatic rings. The van der Waals surface area contributed by atoms with Crippen LogP contribution in [0, 0.1) is 0 Å². The summed E-state index contributed by atoms with van der Waals surface area (Å²) in [4.78, 5) is 4.07. The van der Waals surface area contributed by atoms with Gasteiger partial charge in [-0.25, -0.2) is 0 Å². The molecule has 146 valence electrons. The van der Waals surface area contributed by atoms with E-state index in [1.54, 1.807) is 6.07 Å². The van der Waals surface area contributed by atoms with Gasteiger partial charge < -0.3 is 9.80 Å². The minimum Gasteiger partial charge on any atom is -0.352 e. The standard InChI is InChI=1S/C17H17F3N8/c18-17(19,20)16-24-23-14-5-6-15(25-28(14)16)27-9-7-26(8-10-27)13-4-3-12(21-22-13)11-1-2-11/h3-6,11H,1-2,7-10H2. The maximum atomic E-state index is 13.0. The zero-order valence-corrected chi connectivity index (χ0v) is 14.8. The third-order valence-electron chi connectivity index (χ3n) is 5.10. The normalized spacial score (nSPS) is 18.1. The first-order chi connectivity index (χ1) is 13.5.